The number of fused-ring (bicyclic) bond motifs is 1. The Labute approximate surface area is 140 Å². The van der Waals surface area contributed by atoms with Crippen LogP contribution >= 0.6 is 0 Å². The van der Waals surface area contributed by atoms with E-state index in [1.165, 1.54) is 10.6 Å². The lowest BCUT2D eigenvalue weighted by Gasteiger charge is -2.11. The van der Waals surface area contributed by atoms with Crippen LogP contribution in [0.2, 0.25) is 0 Å². The fraction of sp³-hybridized carbons (Fsp3) is 0.176. The third-order valence-electron chi connectivity index (χ3n) is 3.54. The lowest BCUT2D eigenvalue weighted by Crippen LogP contribution is -2.30. The first-order valence-corrected chi connectivity index (χ1v) is 7.42. The summed E-state index contributed by atoms with van der Waals surface area (Å²) < 4.78 is 35.4. The first kappa shape index (κ1) is 16.7. The summed E-state index contributed by atoms with van der Waals surface area (Å²) in [5, 5.41) is 2.58. The molecule has 0 bridgehead atoms. The Morgan fingerprint density at radius 1 is 1.16 bits per heavy atom. The van der Waals surface area contributed by atoms with Gasteiger partial charge in [0.2, 0.25) is 5.91 Å². The smallest absolute Gasteiger partial charge is 0.420 e. The van der Waals surface area contributed by atoms with E-state index in [4.69, 9.17) is 4.42 Å². The second kappa shape index (κ2) is 7.16. The van der Waals surface area contributed by atoms with Crippen molar-refractivity contribution in [3.63, 3.8) is 0 Å². The van der Waals surface area contributed by atoms with Crippen LogP contribution in [0.25, 0.3) is 11.1 Å². The molecular formula is C17H14F2N2O4. The van der Waals surface area contributed by atoms with Gasteiger partial charge in [-0.15, -0.1) is 0 Å². The van der Waals surface area contributed by atoms with Crippen LogP contribution in [0.15, 0.2) is 57.7 Å². The number of ether oxygens (including phenoxy) is 1. The highest BCUT2D eigenvalue weighted by atomic mass is 19.3. The van der Waals surface area contributed by atoms with Crippen LogP contribution in [0.3, 0.4) is 0 Å². The molecule has 1 aromatic heterocycles. The quantitative estimate of drug-likeness (QED) is 0.743. The number of aromatic nitrogens is 1. The number of alkyl halides is 2. The molecule has 0 atom stereocenters. The minimum atomic E-state index is -2.95. The molecule has 3 aromatic rings. The van der Waals surface area contributed by atoms with E-state index < -0.39 is 18.3 Å². The van der Waals surface area contributed by atoms with E-state index in [1.54, 1.807) is 42.5 Å². The average molecular weight is 348 g/mol. The first-order chi connectivity index (χ1) is 12.0. The number of halogens is 2. The van der Waals surface area contributed by atoms with Crippen molar-refractivity contribution in [1.29, 1.82) is 0 Å². The molecule has 3 rings (SSSR count). The summed E-state index contributed by atoms with van der Waals surface area (Å²) in [6.07, 6.45) is 0. The Kier molecular flexibility index (Phi) is 4.78. The highest BCUT2D eigenvalue weighted by Crippen LogP contribution is 2.20. The predicted octanol–water partition coefficient (Wildman–Crippen LogP) is 2.51. The molecule has 0 aliphatic heterocycles. The molecule has 0 saturated heterocycles. The molecule has 8 heteroatoms. The first-order valence-electron chi connectivity index (χ1n) is 7.42. The Balaban J connectivity index is 1.69. The van der Waals surface area contributed by atoms with Crippen molar-refractivity contribution >= 4 is 17.0 Å². The van der Waals surface area contributed by atoms with Crippen LogP contribution in [0, 0.1) is 0 Å². The van der Waals surface area contributed by atoms with Gasteiger partial charge in [-0.1, -0.05) is 30.3 Å². The largest absolute Gasteiger partial charge is 0.434 e. The molecule has 1 heterocycles. The summed E-state index contributed by atoms with van der Waals surface area (Å²) in [5.74, 6) is -1.11. The fourth-order valence-corrected chi connectivity index (χ4v) is 2.42. The van der Waals surface area contributed by atoms with Gasteiger partial charge in [0.1, 0.15) is 12.3 Å². The normalized spacial score (nSPS) is 11.0. The van der Waals surface area contributed by atoms with Crippen LogP contribution in [0.4, 0.5) is 8.78 Å². The van der Waals surface area contributed by atoms with Crippen LogP contribution in [0.5, 0.6) is 5.75 Å². The van der Waals surface area contributed by atoms with Gasteiger partial charge in [-0.05, 0) is 18.2 Å². The number of benzene rings is 2. The maximum Gasteiger partial charge on any atom is 0.420 e. The highest BCUT2D eigenvalue weighted by Gasteiger charge is 2.13. The molecule has 1 N–H and O–H groups in total. The van der Waals surface area contributed by atoms with E-state index in [0.29, 0.717) is 16.7 Å². The molecule has 0 fully saturated rings. The molecular weight excluding hydrogens is 334 g/mol. The number of para-hydroxylation sites is 3. The van der Waals surface area contributed by atoms with Crippen molar-refractivity contribution in [2.45, 2.75) is 19.7 Å². The van der Waals surface area contributed by atoms with Gasteiger partial charge < -0.3 is 14.5 Å². The van der Waals surface area contributed by atoms with Gasteiger partial charge in [0.15, 0.2) is 5.58 Å². The SMILES string of the molecule is O=C(Cn1c(=O)oc2ccccc21)NCc1ccccc1OC(F)F. The van der Waals surface area contributed by atoms with E-state index in [2.05, 4.69) is 10.1 Å². The van der Waals surface area contributed by atoms with Crippen LogP contribution in [0.1, 0.15) is 5.56 Å². The average Bonchev–Trinajstić information content (AvgIpc) is 2.89. The van der Waals surface area contributed by atoms with Gasteiger partial charge in [0, 0.05) is 12.1 Å². The molecule has 0 radical (unpaired) electrons. The maximum absolute atomic E-state index is 12.4. The summed E-state index contributed by atoms with van der Waals surface area (Å²) in [6, 6.07) is 12.9. The van der Waals surface area contributed by atoms with Crippen LogP contribution in [-0.2, 0) is 17.9 Å². The number of hydrogen-bond donors (Lipinski definition) is 1. The van der Waals surface area contributed by atoms with E-state index in [-0.39, 0.29) is 18.8 Å². The second-order valence-electron chi connectivity index (χ2n) is 5.18. The topological polar surface area (TPSA) is 73.5 Å². The van der Waals surface area contributed by atoms with Gasteiger partial charge in [-0.3, -0.25) is 9.36 Å². The van der Waals surface area contributed by atoms with Gasteiger partial charge >= 0.3 is 12.4 Å². The number of oxazole rings is 1. The minimum Gasteiger partial charge on any atom is -0.434 e. The standard InChI is InChI=1S/C17H14F2N2O4/c18-16(19)24-13-7-3-1-5-11(13)9-20-15(22)10-21-12-6-2-4-8-14(12)25-17(21)23/h1-8,16H,9-10H2,(H,20,22). The molecule has 6 nitrogen and oxygen atoms in total. The van der Waals surface area contributed by atoms with Crippen molar-refractivity contribution in [1.82, 2.24) is 9.88 Å². The fourth-order valence-electron chi connectivity index (χ4n) is 2.42. The van der Waals surface area contributed by atoms with Gasteiger partial charge in [-0.25, -0.2) is 4.79 Å². The third-order valence-corrected chi connectivity index (χ3v) is 3.54. The molecule has 25 heavy (non-hydrogen) atoms. The van der Waals surface area contributed by atoms with Gasteiger partial charge in [0.25, 0.3) is 0 Å². The number of amides is 1. The van der Waals surface area contributed by atoms with Crippen molar-refractivity contribution in [3.8, 4) is 5.75 Å². The van der Waals surface area contributed by atoms with Gasteiger partial charge in [-0.2, -0.15) is 8.78 Å². The Morgan fingerprint density at radius 2 is 1.88 bits per heavy atom. The molecule has 0 aliphatic carbocycles. The lowest BCUT2D eigenvalue weighted by atomic mass is 10.2. The summed E-state index contributed by atoms with van der Waals surface area (Å²) in [4.78, 5) is 23.9. The Hall–Kier alpha value is -3.16. The van der Waals surface area contributed by atoms with Crippen LogP contribution < -0.4 is 15.8 Å². The summed E-state index contributed by atoms with van der Waals surface area (Å²) in [5.41, 5.74) is 1.29. The molecule has 1 amide bonds. The van der Waals surface area contributed by atoms with Crippen molar-refractivity contribution in [2.75, 3.05) is 0 Å². The van der Waals surface area contributed by atoms with Crippen molar-refractivity contribution in [2.24, 2.45) is 0 Å². The Morgan fingerprint density at radius 3 is 2.68 bits per heavy atom. The molecule has 0 spiro atoms. The Bertz CT molecular complexity index is 949. The van der Waals surface area contributed by atoms with E-state index in [0.717, 1.165) is 0 Å². The zero-order valence-corrected chi connectivity index (χ0v) is 12.9. The third kappa shape index (κ3) is 3.85. The highest BCUT2D eigenvalue weighted by molar-refractivity contribution is 5.79. The van der Waals surface area contributed by atoms with E-state index in [1.807, 2.05) is 0 Å². The number of carbonyl (C=O) groups is 1. The number of carbonyl (C=O) groups excluding carboxylic acids is 1. The minimum absolute atomic E-state index is 0.00768. The van der Waals surface area contributed by atoms with E-state index >= 15 is 0 Å². The number of hydrogen-bond acceptors (Lipinski definition) is 4. The molecule has 0 unspecified atom stereocenters. The van der Waals surface area contributed by atoms with Crippen LogP contribution in [-0.4, -0.2) is 17.1 Å². The predicted molar refractivity (Wildman–Crippen MR) is 85.4 cm³/mol. The monoisotopic (exact) mass is 348 g/mol. The molecule has 2 aromatic carbocycles. The van der Waals surface area contributed by atoms with Gasteiger partial charge in [0.05, 0.1) is 5.52 Å². The second-order valence-corrected chi connectivity index (χ2v) is 5.18. The van der Waals surface area contributed by atoms with Crippen molar-refractivity contribution in [3.05, 3.63) is 64.6 Å². The summed E-state index contributed by atoms with van der Waals surface area (Å²) in [6.45, 7) is -3.20. The maximum atomic E-state index is 12.4. The molecule has 0 aliphatic rings. The number of rotatable bonds is 6. The zero-order valence-electron chi connectivity index (χ0n) is 12.9. The number of nitrogens with one attached hydrogen (secondary N) is 1. The molecule has 130 valence electrons. The number of nitrogens with zero attached hydrogens (tertiary/aromatic N) is 1. The lowest BCUT2D eigenvalue weighted by molar-refractivity contribution is -0.121. The summed E-state index contributed by atoms with van der Waals surface area (Å²) in [7, 11) is 0. The summed E-state index contributed by atoms with van der Waals surface area (Å²) >= 11 is 0. The van der Waals surface area contributed by atoms with E-state index in [9.17, 15) is 18.4 Å². The molecule has 0 saturated carbocycles. The van der Waals surface area contributed by atoms with Crippen molar-refractivity contribution < 1.29 is 22.7 Å². The zero-order chi connectivity index (χ0) is 17.8.